The number of aryl methyl sites for hydroxylation is 1. The van der Waals surface area contributed by atoms with Crippen LogP contribution >= 0.6 is 0 Å². The van der Waals surface area contributed by atoms with E-state index in [1.165, 1.54) is 22.4 Å². The van der Waals surface area contributed by atoms with Crippen LogP contribution < -0.4 is 5.32 Å². The van der Waals surface area contributed by atoms with Crippen molar-refractivity contribution in [3.05, 3.63) is 54.1 Å². The molecule has 17 heavy (non-hydrogen) atoms. The zero-order chi connectivity index (χ0) is 12.7. The van der Waals surface area contributed by atoms with E-state index in [1.807, 2.05) is 27.0 Å². The molecular formula is C16H21N. The molecule has 0 atom stereocenters. The van der Waals surface area contributed by atoms with E-state index in [0.717, 1.165) is 0 Å². The number of rotatable bonds is 2. The van der Waals surface area contributed by atoms with E-state index < -0.39 is 0 Å². The molecule has 90 valence electrons. The summed E-state index contributed by atoms with van der Waals surface area (Å²) in [6, 6.07) is 16.9. The fourth-order valence-corrected chi connectivity index (χ4v) is 1.77. The van der Waals surface area contributed by atoms with Crippen LogP contribution in [0.1, 0.15) is 19.4 Å². The predicted molar refractivity (Wildman–Crippen MR) is 77.5 cm³/mol. The number of hydrogen-bond donors (Lipinski definition) is 1. The van der Waals surface area contributed by atoms with E-state index in [9.17, 15) is 0 Å². The molecule has 2 rings (SSSR count). The van der Waals surface area contributed by atoms with Gasteiger partial charge in [0.2, 0.25) is 0 Å². The summed E-state index contributed by atoms with van der Waals surface area (Å²) in [5.41, 5.74) is 4.98. The predicted octanol–water partition coefficient (Wildman–Crippen LogP) is 4.73. The maximum absolute atomic E-state index is 3.21. The highest BCUT2D eigenvalue weighted by Gasteiger charge is 2.02. The molecule has 0 saturated heterocycles. The number of hydrogen-bond acceptors (Lipinski definition) is 1. The second-order valence-corrected chi connectivity index (χ2v) is 3.67. The summed E-state index contributed by atoms with van der Waals surface area (Å²) < 4.78 is 0. The van der Waals surface area contributed by atoms with Gasteiger partial charge in [-0.25, -0.2) is 0 Å². The first-order valence-electron chi connectivity index (χ1n) is 6.15. The van der Waals surface area contributed by atoms with Crippen molar-refractivity contribution < 1.29 is 0 Å². The van der Waals surface area contributed by atoms with E-state index in [2.05, 4.69) is 54.7 Å². The van der Waals surface area contributed by atoms with Crippen molar-refractivity contribution in [3.63, 3.8) is 0 Å². The van der Waals surface area contributed by atoms with Gasteiger partial charge in [-0.3, -0.25) is 0 Å². The SMILES string of the molecule is CC.CNc1ccccc1-c1cccc(C)c1. The molecule has 2 aromatic carbocycles. The third kappa shape index (κ3) is 3.35. The van der Waals surface area contributed by atoms with E-state index in [4.69, 9.17) is 0 Å². The molecule has 2 aromatic rings. The minimum absolute atomic E-state index is 1.17. The second-order valence-electron chi connectivity index (χ2n) is 3.67. The molecule has 0 saturated carbocycles. The van der Waals surface area contributed by atoms with Crippen LogP contribution in [0.3, 0.4) is 0 Å². The van der Waals surface area contributed by atoms with Crippen LogP contribution in [0.4, 0.5) is 5.69 Å². The van der Waals surface area contributed by atoms with Gasteiger partial charge in [0.05, 0.1) is 0 Å². The Bertz CT molecular complexity index is 461. The summed E-state index contributed by atoms with van der Waals surface area (Å²) in [7, 11) is 1.95. The zero-order valence-electron chi connectivity index (χ0n) is 11.1. The van der Waals surface area contributed by atoms with Gasteiger partial charge in [-0.1, -0.05) is 61.9 Å². The lowest BCUT2D eigenvalue weighted by Gasteiger charge is -2.09. The van der Waals surface area contributed by atoms with Gasteiger partial charge in [-0.2, -0.15) is 0 Å². The molecule has 1 N–H and O–H groups in total. The van der Waals surface area contributed by atoms with Crippen molar-refractivity contribution in [2.75, 3.05) is 12.4 Å². The van der Waals surface area contributed by atoms with Crippen LogP contribution in [0, 0.1) is 6.92 Å². The normalized spacial score (nSPS) is 9.18. The minimum atomic E-state index is 1.17. The van der Waals surface area contributed by atoms with Gasteiger partial charge in [0.15, 0.2) is 0 Å². The Morgan fingerprint density at radius 3 is 2.24 bits per heavy atom. The standard InChI is InChI=1S/C14H15N.C2H6/c1-11-6-5-7-12(10-11)13-8-3-4-9-14(13)15-2;1-2/h3-10,15H,1-2H3;1-2H3. The van der Waals surface area contributed by atoms with Crippen molar-refractivity contribution in [1.29, 1.82) is 0 Å². The molecule has 0 spiro atoms. The molecule has 0 aliphatic rings. The molecule has 0 unspecified atom stereocenters. The summed E-state index contributed by atoms with van der Waals surface area (Å²) in [5, 5.41) is 3.21. The average Bonchev–Trinajstić information content (AvgIpc) is 2.41. The number of anilines is 1. The van der Waals surface area contributed by atoms with E-state index in [1.54, 1.807) is 0 Å². The van der Waals surface area contributed by atoms with Gasteiger partial charge in [-0.05, 0) is 18.6 Å². The third-order valence-corrected chi connectivity index (χ3v) is 2.53. The summed E-state index contributed by atoms with van der Waals surface area (Å²) in [5.74, 6) is 0. The van der Waals surface area contributed by atoms with Gasteiger partial charge in [0, 0.05) is 18.3 Å². The highest BCUT2D eigenvalue weighted by molar-refractivity contribution is 5.77. The van der Waals surface area contributed by atoms with Crippen LogP contribution in [0.5, 0.6) is 0 Å². The van der Waals surface area contributed by atoms with Crippen molar-refractivity contribution in [3.8, 4) is 11.1 Å². The molecule has 0 amide bonds. The molecule has 0 aliphatic carbocycles. The van der Waals surface area contributed by atoms with Gasteiger partial charge in [0.1, 0.15) is 0 Å². The fraction of sp³-hybridized carbons (Fsp3) is 0.250. The Kier molecular flexibility index (Phi) is 5.28. The monoisotopic (exact) mass is 227 g/mol. The van der Waals surface area contributed by atoms with Crippen LogP contribution in [-0.4, -0.2) is 7.05 Å². The molecule has 0 fully saturated rings. The first-order chi connectivity index (χ1) is 8.31. The number of benzene rings is 2. The topological polar surface area (TPSA) is 12.0 Å². The molecule has 1 heteroatoms. The Labute approximate surface area is 105 Å². The maximum Gasteiger partial charge on any atom is 0.0417 e. The second kappa shape index (κ2) is 6.74. The van der Waals surface area contributed by atoms with Crippen molar-refractivity contribution in [2.24, 2.45) is 0 Å². The van der Waals surface area contributed by atoms with Gasteiger partial charge < -0.3 is 5.32 Å². The quantitative estimate of drug-likeness (QED) is 0.782. The number of nitrogens with one attached hydrogen (secondary N) is 1. The van der Waals surface area contributed by atoms with Gasteiger partial charge in [0.25, 0.3) is 0 Å². The lowest BCUT2D eigenvalue weighted by Crippen LogP contribution is -1.91. The molecule has 0 heterocycles. The Morgan fingerprint density at radius 2 is 1.59 bits per heavy atom. The molecule has 0 aromatic heterocycles. The van der Waals surface area contributed by atoms with E-state index in [0.29, 0.717) is 0 Å². The maximum atomic E-state index is 3.21. The van der Waals surface area contributed by atoms with Crippen LogP contribution in [0.2, 0.25) is 0 Å². The minimum Gasteiger partial charge on any atom is -0.388 e. The smallest absolute Gasteiger partial charge is 0.0417 e. The Hall–Kier alpha value is -1.76. The highest BCUT2D eigenvalue weighted by Crippen LogP contribution is 2.27. The summed E-state index contributed by atoms with van der Waals surface area (Å²) in [6.45, 7) is 6.12. The van der Waals surface area contributed by atoms with Crippen molar-refractivity contribution in [2.45, 2.75) is 20.8 Å². The average molecular weight is 227 g/mol. The lowest BCUT2D eigenvalue weighted by molar-refractivity contribution is 1.45. The summed E-state index contributed by atoms with van der Waals surface area (Å²) in [6.07, 6.45) is 0. The first-order valence-corrected chi connectivity index (χ1v) is 6.15. The van der Waals surface area contributed by atoms with Crippen LogP contribution in [-0.2, 0) is 0 Å². The Morgan fingerprint density at radius 1 is 0.882 bits per heavy atom. The highest BCUT2D eigenvalue weighted by atomic mass is 14.8. The lowest BCUT2D eigenvalue weighted by atomic mass is 10.0. The largest absolute Gasteiger partial charge is 0.388 e. The molecule has 0 aliphatic heterocycles. The van der Waals surface area contributed by atoms with Crippen LogP contribution in [0.25, 0.3) is 11.1 Å². The zero-order valence-corrected chi connectivity index (χ0v) is 11.1. The Balaban J connectivity index is 0.000000686. The van der Waals surface area contributed by atoms with E-state index >= 15 is 0 Å². The molecule has 0 radical (unpaired) electrons. The molecule has 1 nitrogen and oxygen atoms in total. The van der Waals surface area contributed by atoms with Gasteiger partial charge in [-0.15, -0.1) is 0 Å². The fourth-order valence-electron chi connectivity index (χ4n) is 1.77. The van der Waals surface area contributed by atoms with Gasteiger partial charge >= 0.3 is 0 Å². The third-order valence-electron chi connectivity index (χ3n) is 2.53. The summed E-state index contributed by atoms with van der Waals surface area (Å²) >= 11 is 0. The molecule has 0 bridgehead atoms. The first kappa shape index (κ1) is 13.3. The molecular weight excluding hydrogens is 206 g/mol. The summed E-state index contributed by atoms with van der Waals surface area (Å²) in [4.78, 5) is 0. The van der Waals surface area contributed by atoms with E-state index in [-0.39, 0.29) is 0 Å². The van der Waals surface area contributed by atoms with Crippen molar-refractivity contribution >= 4 is 5.69 Å². The van der Waals surface area contributed by atoms with Crippen LogP contribution in [0.15, 0.2) is 48.5 Å². The van der Waals surface area contributed by atoms with Crippen molar-refractivity contribution in [1.82, 2.24) is 0 Å². The number of para-hydroxylation sites is 1.